The Balaban J connectivity index is 1.89. The van der Waals surface area contributed by atoms with Gasteiger partial charge in [0.25, 0.3) is 5.91 Å². The molecule has 0 bridgehead atoms. The van der Waals surface area contributed by atoms with Crippen molar-refractivity contribution in [2.45, 2.75) is 13.0 Å². The van der Waals surface area contributed by atoms with Gasteiger partial charge in [0, 0.05) is 4.47 Å². The highest BCUT2D eigenvalue weighted by atomic mass is 79.9. The van der Waals surface area contributed by atoms with Crippen molar-refractivity contribution in [2.75, 3.05) is 6.61 Å². The quantitative estimate of drug-likeness (QED) is 0.807. The minimum Gasteiger partial charge on any atom is -0.452 e. The van der Waals surface area contributed by atoms with Gasteiger partial charge in [0.15, 0.2) is 6.61 Å². The Morgan fingerprint density at radius 2 is 1.91 bits per heavy atom. The third-order valence-electron chi connectivity index (χ3n) is 3.16. The molecule has 2 rings (SSSR count). The summed E-state index contributed by atoms with van der Waals surface area (Å²) in [5.41, 5.74) is 0.716. The molecule has 4 nitrogen and oxygen atoms in total. The van der Waals surface area contributed by atoms with Crippen LogP contribution in [0.1, 0.15) is 28.9 Å². The molecular formula is C17H15BrFNO3. The summed E-state index contributed by atoms with van der Waals surface area (Å²) in [6.45, 7) is 1.35. The number of nitrogens with one attached hydrogen (secondary N) is 1. The second kappa shape index (κ2) is 7.87. The SMILES string of the molecule is C[C@H](NC(=O)COC(=O)c1cc(Br)ccc1F)c1ccccc1. The number of hydrogen-bond acceptors (Lipinski definition) is 3. The van der Waals surface area contributed by atoms with Gasteiger partial charge in [0.2, 0.25) is 0 Å². The molecule has 0 fully saturated rings. The van der Waals surface area contributed by atoms with E-state index in [2.05, 4.69) is 21.2 Å². The van der Waals surface area contributed by atoms with Crippen LogP contribution in [0.5, 0.6) is 0 Å². The van der Waals surface area contributed by atoms with E-state index in [0.717, 1.165) is 11.6 Å². The molecular weight excluding hydrogens is 365 g/mol. The van der Waals surface area contributed by atoms with Gasteiger partial charge >= 0.3 is 5.97 Å². The average molecular weight is 380 g/mol. The van der Waals surface area contributed by atoms with Gasteiger partial charge in [-0.1, -0.05) is 46.3 Å². The molecule has 0 unspecified atom stereocenters. The van der Waals surface area contributed by atoms with E-state index in [-0.39, 0.29) is 11.6 Å². The summed E-state index contributed by atoms with van der Waals surface area (Å²) in [4.78, 5) is 23.6. The predicted molar refractivity (Wildman–Crippen MR) is 87.4 cm³/mol. The fourth-order valence-corrected chi connectivity index (χ4v) is 2.33. The van der Waals surface area contributed by atoms with Crippen molar-refractivity contribution in [3.63, 3.8) is 0 Å². The van der Waals surface area contributed by atoms with E-state index >= 15 is 0 Å². The van der Waals surface area contributed by atoms with E-state index in [1.54, 1.807) is 0 Å². The molecule has 0 heterocycles. The number of hydrogen-bond donors (Lipinski definition) is 1. The first kappa shape index (κ1) is 17.1. The number of rotatable bonds is 5. The van der Waals surface area contributed by atoms with Crippen LogP contribution in [0.3, 0.4) is 0 Å². The molecule has 0 saturated carbocycles. The standard InChI is InChI=1S/C17H15BrFNO3/c1-11(12-5-3-2-4-6-12)20-16(21)10-23-17(22)14-9-13(18)7-8-15(14)19/h2-9,11H,10H2,1H3,(H,20,21)/t11-/m0/s1. The van der Waals surface area contributed by atoms with E-state index in [9.17, 15) is 14.0 Å². The van der Waals surface area contributed by atoms with Crippen LogP contribution in [0.25, 0.3) is 0 Å². The molecule has 120 valence electrons. The van der Waals surface area contributed by atoms with Crippen molar-refractivity contribution < 1.29 is 18.7 Å². The fourth-order valence-electron chi connectivity index (χ4n) is 1.97. The van der Waals surface area contributed by atoms with Crippen LogP contribution < -0.4 is 5.32 Å². The Morgan fingerprint density at radius 3 is 2.61 bits per heavy atom. The number of ether oxygens (including phenoxy) is 1. The van der Waals surface area contributed by atoms with E-state index in [4.69, 9.17) is 4.74 Å². The lowest BCUT2D eigenvalue weighted by molar-refractivity contribution is -0.124. The molecule has 1 N–H and O–H groups in total. The predicted octanol–water partition coefficient (Wildman–Crippen LogP) is 3.62. The number of carbonyl (C=O) groups excluding carboxylic acids is 2. The van der Waals surface area contributed by atoms with E-state index < -0.39 is 24.3 Å². The summed E-state index contributed by atoms with van der Waals surface area (Å²) >= 11 is 3.15. The van der Waals surface area contributed by atoms with Crippen molar-refractivity contribution in [2.24, 2.45) is 0 Å². The maximum absolute atomic E-state index is 13.6. The first-order chi connectivity index (χ1) is 11.0. The van der Waals surface area contributed by atoms with Gasteiger partial charge in [0.05, 0.1) is 11.6 Å². The smallest absolute Gasteiger partial charge is 0.341 e. The summed E-state index contributed by atoms with van der Waals surface area (Å²) in [5, 5.41) is 2.71. The topological polar surface area (TPSA) is 55.4 Å². The lowest BCUT2D eigenvalue weighted by atomic mass is 10.1. The van der Waals surface area contributed by atoms with Crippen molar-refractivity contribution >= 4 is 27.8 Å². The van der Waals surface area contributed by atoms with Gasteiger partial charge in [-0.3, -0.25) is 4.79 Å². The second-order valence-electron chi connectivity index (χ2n) is 4.90. The van der Waals surface area contributed by atoms with Gasteiger partial charge in [-0.15, -0.1) is 0 Å². The minimum absolute atomic E-state index is 0.218. The largest absolute Gasteiger partial charge is 0.452 e. The van der Waals surface area contributed by atoms with Crippen molar-refractivity contribution in [3.8, 4) is 0 Å². The Labute approximate surface area is 141 Å². The van der Waals surface area contributed by atoms with Gasteiger partial charge in [0.1, 0.15) is 5.82 Å². The number of halogens is 2. The molecule has 0 radical (unpaired) electrons. The normalized spacial score (nSPS) is 11.6. The molecule has 1 atom stereocenters. The maximum Gasteiger partial charge on any atom is 0.341 e. The maximum atomic E-state index is 13.6. The minimum atomic E-state index is -0.883. The van der Waals surface area contributed by atoms with Gasteiger partial charge in [-0.05, 0) is 30.7 Å². The zero-order valence-electron chi connectivity index (χ0n) is 12.4. The Kier molecular flexibility index (Phi) is 5.87. The summed E-state index contributed by atoms with van der Waals surface area (Å²) in [5.74, 6) is -2.03. The van der Waals surface area contributed by atoms with E-state index in [1.165, 1.54) is 12.1 Å². The van der Waals surface area contributed by atoms with Crippen molar-refractivity contribution in [1.29, 1.82) is 0 Å². The zero-order valence-corrected chi connectivity index (χ0v) is 14.0. The van der Waals surface area contributed by atoms with Gasteiger partial charge < -0.3 is 10.1 Å². The molecule has 0 aromatic heterocycles. The molecule has 0 aliphatic carbocycles. The molecule has 0 aliphatic rings. The third-order valence-corrected chi connectivity index (χ3v) is 3.65. The first-order valence-electron chi connectivity index (χ1n) is 6.94. The Morgan fingerprint density at radius 1 is 1.22 bits per heavy atom. The zero-order chi connectivity index (χ0) is 16.8. The summed E-state index contributed by atoms with van der Waals surface area (Å²) < 4.78 is 19.0. The van der Waals surface area contributed by atoms with Crippen LogP contribution in [-0.4, -0.2) is 18.5 Å². The van der Waals surface area contributed by atoms with E-state index in [0.29, 0.717) is 4.47 Å². The van der Waals surface area contributed by atoms with Crippen LogP contribution in [0, 0.1) is 5.82 Å². The lowest BCUT2D eigenvalue weighted by Crippen LogP contribution is -2.31. The van der Waals surface area contributed by atoms with Crippen molar-refractivity contribution in [3.05, 3.63) is 69.9 Å². The summed E-state index contributed by atoms with van der Waals surface area (Å²) in [6, 6.07) is 13.1. The van der Waals surface area contributed by atoms with E-state index in [1.807, 2.05) is 37.3 Å². The van der Waals surface area contributed by atoms with Gasteiger partial charge in [-0.25, -0.2) is 9.18 Å². The number of carbonyl (C=O) groups is 2. The van der Waals surface area contributed by atoms with Crippen molar-refractivity contribution in [1.82, 2.24) is 5.32 Å². The number of amides is 1. The highest BCUT2D eigenvalue weighted by Gasteiger charge is 2.16. The highest BCUT2D eigenvalue weighted by molar-refractivity contribution is 9.10. The third kappa shape index (κ3) is 4.89. The van der Waals surface area contributed by atoms with Crippen LogP contribution in [-0.2, 0) is 9.53 Å². The van der Waals surface area contributed by atoms with Crippen LogP contribution in [0.2, 0.25) is 0 Å². The summed E-state index contributed by atoms with van der Waals surface area (Å²) in [7, 11) is 0. The molecule has 0 spiro atoms. The molecule has 23 heavy (non-hydrogen) atoms. The van der Waals surface area contributed by atoms with Crippen LogP contribution in [0.4, 0.5) is 4.39 Å². The lowest BCUT2D eigenvalue weighted by Gasteiger charge is -2.14. The Bertz CT molecular complexity index is 706. The Hall–Kier alpha value is -2.21. The van der Waals surface area contributed by atoms with Crippen LogP contribution >= 0.6 is 15.9 Å². The molecule has 2 aromatic carbocycles. The second-order valence-corrected chi connectivity index (χ2v) is 5.82. The summed E-state index contributed by atoms with van der Waals surface area (Å²) in [6.07, 6.45) is 0. The monoisotopic (exact) mass is 379 g/mol. The molecule has 6 heteroatoms. The molecule has 2 aromatic rings. The van der Waals surface area contributed by atoms with Gasteiger partial charge in [-0.2, -0.15) is 0 Å². The number of esters is 1. The molecule has 1 amide bonds. The highest BCUT2D eigenvalue weighted by Crippen LogP contribution is 2.16. The molecule has 0 saturated heterocycles. The fraction of sp³-hybridized carbons (Fsp3) is 0.176. The van der Waals surface area contributed by atoms with Crippen LogP contribution in [0.15, 0.2) is 53.0 Å². The number of benzene rings is 2. The average Bonchev–Trinajstić information content (AvgIpc) is 2.55. The molecule has 0 aliphatic heterocycles. The first-order valence-corrected chi connectivity index (χ1v) is 7.73.